The summed E-state index contributed by atoms with van der Waals surface area (Å²) in [5.41, 5.74) is 7.75. The third kappa shape index (κ3) is 4.80. The number of fused-ring (bicyclic) bond motifs is 9. The van der Waals surface area contributed by atoms with E-state index in [1.807, 2.05) is 18.2 Å². The second-order valence-corrected chi connectivity index (χ2v) is 14.0. The van der Waals surface area contributed by atoms with E-state index in [2.05, 4.69) is 168 Å². The molecule has 2 aromatic heterocycles. The van der Waals surface area contributed by atoms with Gasteiger partial charge in [0, 0.05) is 50.9 Å². The fraction of sp³-hybridized carbons (Fsp3) is 0.0408. The van der Waals surface area contributed by atoms with Gasteiger partial charge in [0.05, 0.1) is 5.52 Å². The van der Waals surface area contributed by atoms with E-state index < -0.39 is 0 Å². The largest absolute Gasteiger partial charge is 0.312 e. The second-order valence-electron chi connectivity index (χ2n) is 14.0. The number of hydrogen-bond donors (Lipinski definition) is 0. The predicted octanol–water partition coefficient (Wildman–Crippen LogP) is 12.1. The van der Waals surface area contributed by atoms with Crippen molar-refractivity contribution in [1.82, 2.24) is 19.5 Å². The highest BCUT2D eigenvalue weighted by Gasteiger charge is 2.31. The molecule has 0 bridgehead atoms. The van der Waals surface area contributed by atoms with Gasteiger partial charge in [-0.2, -0.15) is 0 Å². The standard InChI is InChI=1S/C49H32N4/c1-2-14-32(15-3-1)47-50-48(52-49(51-47)44-29-35-18-7-8-21-38(35)40-23-10-11-24-41(40)44)36-19-12-20-37(27-36)53-45-30-34-17-5-4-16-33(34)28-43(45)42-26-25-31-13-6-9-22-39(31)46(42)53/h1-31,39H. The molecule has 0 spiro atoms. The summed E-state index contributed by atoms with van der Waals surface area (Å²) in [6.07, 6.45) is 13.7. The predicted molar refractivity (Wildman–Crippen MR) is 219 cm³/mol. The first kappa shape index (κ1) is 29.8. The van der Waals surface area contributed by atoms with Crippen LogP contribution in [0.1, 0.15) is 17.2 Å². The van der Waals surface area contributed by atoms with Crippen molar-refractivity contribution < 1.29 is 0 Å². The summed E-state index contributed by atoms with van der Waals surface area (Å²) < 4.78 is 2.47. The average molecular weight is 677 g/mol. The Morgan fingerprint density at radius 1 is 0.453 bits per heavy atom. The number of nitrogens with zero attached hydrogens (tertiary/aromatic N) is 4. The Morgan fingerprint density at radius 2 is 1.11 bits per heavy atom. The van der Waals surface area contributed by atoms with Crippen LogP contribution in [0.2, 0.25) is 0 Å². The maximum absolute atomic E-state index is 5.27. The Morgan fingerprint density at radius 3 is 1.96 bits per heavy atom. The summed E-state index contributed by atoms with van der Waals surface area (Å²) >= 11 is 0. The van der Waals surface area contributed by atoms with Crippen molar-refractivity contribution in [2.45, 2.75) is 5.92 Å². The first-order valence-corrected chi connectivity index (χ1v) is 18.2. The maximum Gasteiger partial charge on any atom is 0.164 e. The molecule has 53 heavy (non-hydrogen) atoms. The topological polar surface area (TPSA) is 43.6 Å². The third-order valence-corrected chi connectivity index (χ3v) is 10.9. The fourth-order valence-corrected chi connectivity index (χ4v) is 8.45. The SMILES string of the molecule is C1=CC2C=Cc3c(n(-c4cccc(-c5nc(-c6ccccc6)nc(-c6cc7ccccc7c7ccccc67)n5)c4)c4cc5ccccc5cc34)C2C=C1. The van der Waals surface area contributed by atoms with Crippen LogP contribution in [0.15, 0.2) is 176 Å². The molecule has 2 aliphatic carbocycles. The molecule has 2 heterocycles. The van der Waals surface area contributed by atoms with Crippen LogP contribution < -0.4 is 0 Å². The van der Waals surface area contributed by atoms with E-state index in [0.29, 0.717) is 23.4 Å². The van der Waals surface area contributed by atoms with Crippen LogP contribution in [0.25, 0.3) is 89.1 Å². The summed E-state index contributed by atoms with van der Waals surface area (Å²) in [5, 5.41) is 8.40. The van der Waals surface area contributed by atoms with Crippen molar-refractivity contribution in [3.63, 3.8) is 0 Å². The summed E-state index contributed by atoms with van der Waals surface area (Å²) in [4.78, 5) is 15.6. The Balaban J connectivity index is 1.15. The molecule has 11 rings (SSSR count). The van der Waals surface area contributed by atoms with Crippen LogP contribution in [-0.2, 0) is 0 Å². The van der Waals surface area contributed by atoms with Crippen LogP contribution in [0.3, 0.4) is 0 Å². The highest BCUT2D eigenvalue weighted by Crippen LogP contribution is 2.45. The van der Waals surface area contributed by atoms with Gasteiger partial charge in [-0.1, -0.05) is 152 Å². The Bertz CT molecular complexity index is 3020. The van der Waals surface area contributed by atoms with Crippen molar-refractivity contribution in [3.8, 4) is 39.9 Å². The van der Waals surface area contributed by atoms with Gasteiger partial charge in [-0.15, -0.1) is 0 Å². The summed E-state index contributed by atoms with van der Waals surface area (Å²) in [7, 11) is 0. The van der Waals surface area contributed by atoms with Gasteiger partial charge in [0.1, 0.15) is 0 Å². The van der Waals surface area contributed by atoms with Crippen molar-refractivity contribution in [1.29, 1.82) is 0 Å². The highest BCUT2D eigenvalue weighted by atomic mass is 15.0. The van der Waals surface area contributed by atoms with Crippen LogP contribution in [0.4, 0.5) is 0 Å². The zero-order valence-electron chi connectivity index (χ0n) is 28.8. The van der Waals surface area contributed by atoms with Crippen LogP contribution >= 0.6 is 0 Å². The first-order chi connectivity index (χ1) is 26.3. The minimum atomic E-state index is 0.230. The van der Waals surface area contributed by atoms with Gasteiger partial charge in [-0.3, -0.25) is 0 Å². The molecule has 9 aromatic rings. The molecule has 2 aliphatic rings. The first-order valence-electron chi connectivity index (χ1n) is 18.2. The molecular formula is C49H32N4. The molecule has 2 unspecified atom stereocenters. The number of hydrogen-bond acceptors (Lipinski definition) is 3. The van der Waals surface area contributed by atoms with Crippen LogP contribution in [0.5, 0.6) is 0 Å². The molecule has 4 nitrogen and oxygen atoms in total. The Labute approximate surface area is 306 Å². The molecule has 0 saturated heterocycles. The number of benzene rings is 7. The molecule has 2 atom stereocenters. The highest BCUT2D eigenvalue weighted by molar-refractivity contribution is 6.13. The molecule has 0 fully saturated rings. The zero-order chi connectivity index (χ0) is 34.9. The van der Waals surface area contributed by atoms with E-state index in [1.165, 1.54) is 43.7 Å². The van der Waals surface area contributed by atoms with Gasteiger partial charge in [-0.25, -0.2) is 15.0 Å². The molecule has 7 aromatic carbocycles. The van der Waals surface area contributed by atoms with Gasteiger partial charge in [0.2, 0.25) is 0 Å². The molecule has 0 saturated carbocycles. The minimum absolute atomic E-state index is 0.230. The van der Waals surface area contributed by atoms with Crippen molar-refractivity contribution in [2.24, 2.45) is 5.92 Å². The zero-order valence-corrected chi connectivity index (χ0v) is 28.8. The normalized spacial score (nSPS) is 16.1. The average Bonchev–Trinajstić information content (AvgIpc) is 3.56. The third-order valence-electron chi connectivity index (χ3n) is 10.9. The second kappa shape index (κ2) is 11.8. The lowest BCUT2D eigenvalue weighted by atomic mass is 9.80. The van der Waals surface area contributed by atoms with Gasteiger partial charge in [0.15, 0.2) is 17.5 Å². The van der Waals surface area contributed by atoms with E-state index in [4.69, 9.17) is 15.0 Å². The Kier molecular flexibility index (Phi) is 6.65. The quantitative estimate of drug-likeness (QED) is 0.174. The molecule has 4 heteroatoms. The fourth-order valence-electron chi connectivity index (χ4n) is 8.45. The van der Waals surface area contributed by atoms with Gasteiger partial charge in [0.25, 0.3) is 0 Å². The molecule has 0 aliphatic heterocycles. The summed E-state index contributed by atoms with van der Waals surface area (Å²) in [6.45, 7) is 0. The molecule has 248 valence electrons. The van der Waals surface area contributed by atoms with Crippen molar-refractivity contribution >= 4 is 49.3 Å². The molecular weight excluding hydrogens is 645 g/mol. The molecule has 0 radical (unpaired) electrons. The van der Waals surface area contributed by atoms with Crippen LogP contribution in [0, 0.1) is 5.92 Å². The molecule has 0 amide bonds. The smallest absolute Gasteiger partial charge is 0.164 e. The lowest BCUT2D eigenvalue weighted by Crippen LogP contribution is -2.16. The van der Waals surface area contributed by atoms with Crippen molar-refractivity contribution in [2.75, 3.05) is 0 Å². The lowest BCUT2D eigenvalue weighted by molar-refractivity contribution is 0.661. The minimum Gasteiger partial charge on any atom is -0.312 e. The number of aromatic nitrogens is 4. The van der Waals surface area contributed by atoms with Crippen molar-refractivity contribution in [3.05, 3.63) is 187 Å². The van der Waals surface area contributed by atoms with Crippen LogP contribution in [-0.4, -0.2) is 19.5 Å². The number of allylic oxidation sites excluding steroid dienone is 5. The van der Waals surface area contributed by atoms with E-state index in [0.717, 1.165) is 33.2 Å². The van der Waals surface area contributed by atoms with E-state index in [-0.39, 0.29) is 5.92 Å². The van der Waals surface area contributed by atoms with Gasteiger partial charge < -0.3 is 4.57 Å². The van der Waals surface area contributed by atoms with Gasteiger partial charge >= 0.3 is 0 Å². The lowest BCUT2D eigenvalue weighted by Gasteiger charge is -2.27. The Hall–Kier alpha value is -6.91. The monoisotopic (exact) mass is 676 g/mol. The molecule has 0 N–H and O–H groups in total. The summed E-state index contributed by atoms with van der Waals surface area (Å²) in [6, 6.07) is 51.6. The van der Waals surface area contributed by atoms with E-state index in [1.54, 1.807) is 0 Å². The van der Waals surface area contributed by atoms with E-state index in [9.17, 15) is 0 Å². The maximum atomic E-state index is 5.27. The summed E-state index contributed by atoms with van der Waals surface area (Å²) in [5.74, 6) is 2.49. The number of rotatable bonds is 4. The van der Waals surface area contributed by atoms with Gasteiger partial charge in [-0.05, 0) is 62.6 Å². The van der Waals surface area contributed by atoms with E-state index >= 15 is 0 Å².